The molecule has 4 rings (SSSR count). The van der Waals surface area contributed by atoms with E-state index in [2.05, 4.69) is 12.2 Å². The molecule has 26 heavy (non-hydrogen) atoms. The Morgan fingerprint density at radius 2 is 1.54 bits per heavy atom. The number of rotatable bonds is 8. The Balaban J connectivity index is 1.72. The van der Waals surface area contributed by atoms with Crippen LogP contribution in [0.15, 0.2) is 12.2 Å². The first kappa shape index (κ1) is 19.4. The Bertz CT molecular complexity index is 512. The number of esters is 2. The zero-order valence-electron chi connectivity index (χ0n) is 15.8. The van der Waals surface area contributed by atoms with Crippen molar-refractivity contribution in [2.45, 2.75) is 76.8 Å². The van der Waals surface area contributed by atoms with Gasteiger partial charge in [-0.25, -0.2) is 9.59 Å². The fourth-order valence-corrected chi connectivity index (χ4v) is 3.92. The second kappa shape index (κ2) is 8.53. The Kier molecular flexibility index (Phi) is 6.35. The van der Waals surface area contributed by atoms with Gasteiger partial charge in [0.25, 0.3) is 0 Å². The summed E-state index contributed by atoms with van der Waals surface area (Å²) in [6, 6.07) is 0. The van der Waals surface area contributed by atoms with E-state index >= 15 is 0 Å². The van der Waals surface area contributed by atoms with Crippen molar-refractivity contribution in [3.05, 3.63) is 12.2 Å². The quantitative estimate of drug-likeness (QED) is 0.373. The van der Waals surface area contributed by atoms with Crippen molar-refractivity contribution >= 4 is 11.9 Å². The number of hydrogen-bond donors (Lipinski definition) is 0. The van der Waals surface area contributed by atoms with E-state index in [0.29, 0.717) is 25.6 Å². The molecule has 0 aromatic carbocycles. The van der Waals surface area contributed by atoms with Gasteiger partial charge < -0.3 is 18.9 Å². The highest BCUT2D eigenvalue weighted by Crippen LogP contribution is 2.50. The highest BCUT2D eigenvalue weighted by Gasteiger charge is 2.60. The molecule has 1 saturated carbocycles. The predicted molar refractivity (Wildman–Crippen MR) is 94.2 cm³/mol. The summed E-state index contributed by atoms with van der Waals surface area (Å²) in [5.41, 5.74) is 0. The number of hydrogen-bond acceptors (Lipinski definition) is 6. The highest BCUT2D eigenvalue weighted by molar-refractivity contribution is 5.86. The smallest absolute Gasteiger partial charge is 0.338 e. The summed E-state index contributed by atoms with van der Waals surface area (Å²) in [7, 11) is 0. The number of fused-ring (bicyclic) bond motifs is 1. The highest BCUT2D eigenvalue weighted by atomic mass is 16.8. The second-order valence-corrected chi connectivity index (χ2v) is 7.46. The maximum Gasteiger partial charge on any atom is 0.338 e. The van der Waals surface area contributed by atoms with Crippen molar-refractivity contribution < 1.29 is 28.5 Å². The summed E-state index contributed by atoms with van der Waals surface area (Å²) < 4.78 is 22.8. The van der Waals surface area contributed by atoms with Gasteiger partial charge in [0, 0.05) is 12.3 Å². The van der Waals surface area contributed by atoms with Gasteiger partial charge in [-0.05, 0) is 31.6 Å². The number of unbranched alkanes of at least 4 members (excludes halogenated alkanes) is 2. The third-order valence-corrected chi connectivity index (χ3v) is 5.45. The van der Waals surface area contributed by atoms with Gasteiger partial charge >= 0.3 is 11.9 Å². The molecule has 0 N–H and O–H groups in total. The lowest BCUT2D eigenvalue weighted by molar-refractivity contribution is -0.230. The van der Waals surface area contributed by atoms with E-state index < -0.39 is 29.9 Å². The summed E-state index contributed by atoms with van der Waals surface area (Å²) in [6.45, 7) is 4.70. The van der Waals surface area contributed by atoms with Crippen LogP contribution in [-0.4, -0.2) is 43.1 Å². The lowest BCUT2D eigenvalue weighted by Crippen LogP contribution is -2.47. The standard InChI is InChI=1S/C20H30O6/c1-3-5-11-23-18(21)16-17(19(22)24-12-6-4-2)26-20(25-16)13-14-7-9-15(20)10-8-14/h7,9,14-17H,3-6,8,10-13H2,1-2H3. The fourth-order valence-electron chi connectivity index (χ4n) is 3.92. The third kappa shape index (κ3) is 3.96. The molecule has 3 aliphatic carbocycles. The van der Waals surface area contributed by atoms with Crippen LogP contribution in [0.25, 0.3) is 0 Å². The minimum Gasteiger partial charge on any atom is -0.464 e. The number of carbonyl (C=O) groups excluding carboxylic acids is 2. The molecule has 2 bridgehead atoms. The van der Waals surface area contributed by atoms with Gasteiger partial charge in [-0.3, -0.25) is 0 Å². The van der Waals surface area contributed by atoms with E-state index in [1.165, 1.54) is 0 Å². The van der Waals surface area contributed by atoms with Crippen LogP contribution in [0.1, 0.15) is 58.8 Å². The average Bonchev–Trinajstić information content (AvgIpc) is 3.02. The molecule has 4 atom stereocenters. The monoisotopic (exact) mass is 366 g/mol. The molecule has 0 radical (unpaired) electrons. The van der Waals surface area contributed by atoms with E-state index in [-0.39, 0.29) is 5.92 Å². The van der Waals surface area contributed by atoms with Gasteiger partial charge in [-0.2, -0.15) is 0 Å². The number of carbonyl (C=O) groups is 2. The molecule has 0 amide bonds. The minimum absolute atomic E-state index is 0.0619. The zero-order valence-corrected chi connectivity index (χ0v) is 15.8. The first-order valence-corrected chi connectivity index (χ1v) is 9.97. The van der Waals surface area contributed by atoms with Gasteiger partial charge in [0.1, 0.15) is 0 Å². The Labute approximate surface area is 155 Å². The first-order valence-electron chi connectivity index (χ1n) is 9.97. The summed E-state index contributed by atoms with van der Waals surface area (Å²) in [5.74, 6) is -1.53. The molecule has 1 aliphatic heterocycles. The largest absolute Gasteiger partial charge is 0.464 e. The Hall–Kier alpha value is -1.40. The number of ether oxygens (including phenoxy) is 4. The molecule has 1 spiro atoms. The van der Waals surface area contributed by atoms with Crippen molar-refractivity contribution in [2.75, 3.05) is 13.2 Å². The van der Waals surface area contributed by atoms with E-state index in [1.54, 1.807) is 0 Å². The molecule has 146 valence electrons. The van der Waals surface area contributed by atoms with E-state index in [4.69, 9.17) is 18.9 Å². The molecular formula is C20H30O6. The van der Waals surface area contributed by atoms with Crippen molar-refractivity contribution in [2.24, 2.45) is 11.8 Å². The molecule has 6 heteroatoms. The molecule has 4 aliphatic rings. The maximum absolute atomic E-state index is 12.5. The van der Waals surface area contributed by atoms with Crippen molar-refractivity contribution in [1.29, 1.82) is 0 Å². The lowest BCUT2D eigenvalue weighted by atomic mass is 9.72. The summed E-state index contributed by atoms with van der Waals surface area (Å²) in [5, 5.41) is 0. The summed E-state index contributed by atoms with van der Waals surface area (Å²) in [4.78, 5) is 25.1. The predicted octanol–water partition coefficient (Wildman–Crippen LogP) is 3.14. The molecule has 6 nitrogen and oxygen atoms in total. The number of allylic oxidation sites excluding steroid dienone is 1. The molecule has 2 fully saturated rings. The average molecular weight is 366 g/mol. The molecule has 0 aromatic rings. The zero-order chi connectivity index (χ0) is 18.6. The van der Waals surface area contributed by atoms with Gasteiger partial charge in [-0.15, -0.1) is 0 Å². The summed E-state index contributed by atoms with van der Waals surface area (Å²) >= 11 is 0. The van der Waals surface area contributed by atoms with Crippen molar-refractivity contribution in [3.8, 4) is 0 Å². The van der Waals surface area contributed by atoms with Crippen LogP contribution in [0.2, 0.25) is 0 Å². The lowest BCUT2D eigenvalue weighted by Gasteiger charge is -2.44. The van der Waals surface area contributed by atoms with Crippen LogP contribution < -0.4 is 0 Å². The van der Waals surface area contributed by atoms with Crippen LogP contribution in [-0.2, 0) is 28.5 Å². The van der Waals surface area contributed by atoms with Crippen molar-refractivity contribution in [3.63, 3.8) is 0 Å². The molecular weight excluding hydrogens is 336 g/mol. The van der Waals surface area contributed by atoms with Crippen LogP contribution >= 0.6 is 0 Å². The molecule has 4 unspecified atom stereocenters. The Morgan fingerprint density at radius 1 is 0.962 bits per heavy atom. The van der Waals surface area contributed by atoms with Gasteiger partial charge in [0.05, 0.1) is 13.2 Å². The van der Waals surface area contributed by atoms with Gasteiger partial charge in [0.15, 0.2) is 18.0 Å². The first-order chi connectivity index (χ1) is 12.6. The third-order valence-electron chi connectivity index (χ3n) is 5.45. The minimum atomic E-state index is -1.05. The van der Waals surface area contributed by atoms with Crippen LogP contribution in [0.5, 0.6) is 0 Å². The normalized spacial score (nSPS) is 35.0. The molecule has 0 aromatic heterocycles. The van der Waals surface area contributed by atoms with E-state index in [9.17, 15) is 9.59 Å². The van der Waals surface area contributed by atoms with Crippen LogP contribution in [0.4, 0.5) is 0 Å². The van der Waals surface area contributed by atoms with Crippen LogP contribution in [0.3, 0.4) is 0 Å². The van der Waals surface area contributed by atoms with Crippen LogP contribution in [0, 0.1) is 11.8 Å². The summed E-state index contributed by atoms with van der Waals surface area (Å²) in [6.07, 6.45) is 8.31. The fraction of sp³-hybridized carbons (Fsp3) is 0.800. The van der Waals surface area contributed by atoms with Gasteiger partial charge in [-0.1, -0.05) is 38.8 Å². The topological polar surface area (TPSA) is 71.1 Å². The SMILES string of the molecule is CCCCOC(=O)C1OC2(CC3C=CC2CC3)OC1C(=O)OCCCC. The van der Waals surface area contributed by atoms with E-state index in [1.807, 2.05) is 13.8 Å². The second-order valence-electron chi connectivity index (χ2n) is 7.46. The maximum atomic E-state index is 12.5. The van der Waals surface area contributed by atoms with Crippen molar-refractivity contribution in [1.82, 2.24) is 0 Å². The van der Waals surface area contributed by atoms with Gasteiger partial charge in [0.2, 0.25) is 0 Å². The molecule has 1 saturated heterocycles. The molecule has 1 heterocycles. The van der Waals surface area contributed by atoms with E-state index in [0.717, 1.165) is 38.5 Å². The Morgan fingerprint density at radius 3 is 1.92 bits per heavy atom.